The van der Waals surface area contributed by atoms with E-state index >= 15 is 0 Å². The highest BCUT2D eigenvalue weighted by Gasteiger charge is 2.14. The molecule has 23 heavy (non-hydrogen) atoms. The minimum Gasteiger partial charge on any atom is -0.349 e. The molecule has 0 spiro atoms. The van der Waals surface area contributed by atoms with Crippen LogP contribution in [-0.4, -0.2) is 24.5 Å². The quantitative estimate of drug-likeness (QED) is 0.943. The first-order valence-corrected chi connectivity index (χ1v) is 7.36. The minimum atomic E-state index is -0.142. The van der Waals surface area contributed by atoms with Crippen molar-refractivity contribution in [3.05, 3.63) is 52.7 Å². The van der Waals surface area contributed by atoms with Crippen molar-refractivity contribution in [1.29, 1.82) is 5.26 Å². The van der Waals surface area contributed by atoms with Gasteiger partial charge >= 0.3 is 0 Å². The van der Waals surface area contributed by atoms with Crippen LogP contribution in [0.4, 0.5) is 11.5 Å². The number of benzene rings is 1. The summed E-state index contributed by atoms with van der Waals surface area (Å²) in [6.07, 6.45) is 1.61. The largest absolute Gasteiger partial charge is 0.349 e. The van der Waals surface area contributed by atoms with E-state index < -0.39 is 0 Å². The zero-order chi connectivity index (χ0) is 17.0. The summed E-state index contributed by atoms with van der Waals surface area (Å²) >= 11 is 0. The van der Waals surface area contributed by atoms with E-state index in [2.05, 4.69) is 16.4 Å². The van der Waals surface area contributed by atoms with Gasteiger partial charge in [-0.05, 0) is 44.0 Å². The lowest BCUT2D eigenvalue weighted by atomic mass is 10.1. The van der Waals surface area contributed by atoms with E-state index in [1.54, 1.807) is 30.3 Å². The molecule has 2 rings (SSSR count). The molecular formula is C18H20N4O. The third kappa shape index (κ3) is 3.86. The van der Waals surface area contributed by atoms with Crippen molar-refractivity contribution in [3.8, 4) is 6.07 Å². The number of hydrogen-bond acceptors (Lipinski definition) is 4. The number of likely N-dealkylation sites (N-methyl/N-ethyl adjacent to an activating group) is 1. The van der Waals surface area contributed by atoms with Crippen LogP contribution >= 0.6 is 0 Å². The molecule has 0 saturated carbocycles. The number of nitriles is 1. The zero-order valence-electron chi connectivity index (χ0n) is 13.8. The molecule has 0 radical (unpaired) electrons. The molecular weight excluding hydrogens is 288 g/mol. The molecule has 2 aromatic rings. The summed E-state index contributed by atoms with van der Waals surface area (Å²) in [7, 11) is 1.75. The molecule has 5 heteroatoms. The standard InChI is InChI=1S/C18H20N4O/c1-12-8-13(2)17(14(3)9-12)21-16(23)11-22(4)18-15(10-19)6-5-7-20-18/h5-9H,11H2,1-4H3,(H,21,23). The van der Waals surface area contributed by atoms with Gasteiger partial charge in [0.05, 0.1) is 12.1 Å². The monoisotopic (exact) mass is 308 g/mol. The number of nitrogens with zero attached hydrogens (tertiary/aromatic N) is 3. The first-order chi connectivity index (χ1) is 10.9. The van der Waals surface area contributed by atoms with Crippen LogP contribution in [0.3, 0.4) is 0 Å². The van der Waals surface area contributed by atoms with Crippen LogP contribution < -0.4 is 10.2 Å². The molecule has 1 N–H and O–H groups in total. The Labute approximate surface area is 136 Å². The Morgan fingerprint density at radius 1 is 1.30 bits per heavy atom. The smallest absolute Gasteiger partial charge is 0.243 e. The summed E-state index contributed by atoms with van der Waals surface area (Å²) in [6.45, 7) is 6.11. The SMILES string of the molecule is Cc1cc(C)c(NC(=O)CN(C)c2ncccc2C#N)c(C)c1. The fourth-order valence-corrected chi connectivity index (χ4v) is 2.63. The number of anilines is 2. The van der Waals surface area contributed by atoms with Crippen molar-refractivity contribution in [2.24, 2.45) is 0 Å². The summed E-state index contributed by atoms with van der Waals surface area (Å²) in [4.78, 5) is 18.2. The van der Waals surface area contributed by atoms with Gasteiger partial charge < -0.3 is 10.2 Å². The van der Waals surface area contributed by atoms with Crippen molar-refractivity contribution in [1.82, 2.24) is 4.98 Å². The van der Waals surface area contributed by atoms with Crippen molar-refractivity contribution in [2.75, 3.05) is 23.8 Å². The predicted molar refractivity (Wildman–Crippen MR) is 91.5 cm³/mol. The van der Waals surface area contributed by atoms with E-state index in [0.29, 0.717) is 11.4 Å². The first-order valence-electron chi connectivity index (χ1n) is 7.36. The van der Waals surface area contributed by atoms with Crippen LogP contribution in [0, 0.1) is 32.1 Å². The summed E-state index contributed by atoms with van der Waals surface area (Å²) in [6, 6.07) is 9.56. The molecule has 0 unspecified atom stereocenters. The van der Waals surface area contributed by atoms with Gasteiger partial charge in [-0.2, -0.15) is 5.26 Å². The molecule has 0 fully saturated rings. The fraction of sp³-hybridized carbons (Fsp3) is 0.278. The van der Waals surface area contributed by atoms with Crippen molar-refractivity contribution >= 4 is 17.4 Å². The number of carbonyl (C=O) groups is 1. The molecule has 0 aliphatic rings. The van der Waals surface area contributed by atoms with Crippen molar-refractivity contribution in [2.45, 2.75) is 20.8 Å². The lowest BCUT2D eigenvalue weighted by Gasteiger charge is -2.19. The second-order valence-corrected chi connectivity index (χ2v) is 5.66. The Kier molecular flexibility index (Phi) is 4.97. The fourth-order valence-electron chi connectivity index (χ4n) is 2.63. The molecule has 1 amide bonds. The highest BCUT2D eigenvalue weighted by Crippen LogP contribution is 2.22. The van der Waals surface area contributed by atoms with Crippen LogP contribution in [0.1, 0.15) is 22.3 Å². The average Bonchev–Trinajstić information content (AvgIpc) is 2.50. The van der Waals surface area contributed by atoms with Crippen LogP contribution in [0.2, 0.25) is 0 Å². The number of rotatable bonds is 4. The van der Waals surface area contributed by atoms with Gasteiger partial charge in [0.2, 0.25) is 5.91 Å². The molecule has 0 saturated heterocycles. The first kappa shape index (κ1) is 16.5. The van der Waals surface area contributed by atoms with E-state index in [4.69, 9.17) is 5.26 Å². The molecule has 1 aromatic heterocycles. The Hall–Kier alpha value is -2.87. The van der Waals surface area contributed by atoms with Gasteiger partial charge in [-0.1, -0.05) is 17.7 Å². The van der Waals surface area contributed by atoms with Gasteiger partial charge in [-0.3, -0.25) is 4.79 Å². The summed E-state index contributed by atoms with van der Waals surface area (Å²) in [5.74, 6) is 0.361. The van der Waals surface area contributed by atoms with Crippen LogP contribution in [-0.2, 0) is 4.79 Å². The van der Waals surface area contributed by atoms with Gasteiger partial charge in [-0.15, -0.1) is 0 Å². The maximum atomic E-state index is 12.3. The van der Waals surface area contributed by atoms with E-state index in [1.165, 1.54) is 5.56 Å². The van der Waals surface area contributed by atoms with Gasteiger partial charge in [0.1, 0.15) is 11.9 Å². The topological polar surface area (TPSA) is 69.0 Å². The Morgan fingerprint density at radius 2 is 1.96 bits per heavy atom. The number of aromatic nitrogens is 1. The van der Waals surface area contributed by atoms with E-state index in [1.807, 2.05) is 32.9 Å². The molecule has 1 heterocycles. The van der Waals surface area contributed by atoms with Gasteiger partial charge in [0, 0.05) is 18.9 Å². The predicted octanol–water partition coefficient (Wildman–Crippen LogP) is 2.95. The zero-order valence-corrected chi connectivity index (χ0v) is 13.8. The van der Waals surface area contributed by atoms with Crippen molar-refractivity contribution < 1.29 is 4.79 Å². The van der Waals surface area contributed by atoms with Gasteiger partial charge in [0.25, 0.3) is 0 Å². The molecule has 0 bridgehead atoms. The second kappa shape index (κ2) is 6.93. The number of aryl methyl sites for hydroxylation is 3. The number of amides is 1. The van der Waals surface area contributed by atoms with E-state index in [-0.39, 0.29) is 12.5 Å². The Balaban J connectivity index is 2.13. The maximum absolute atomic E-state index is 12.3. The molecule has 1 aromatic carbocycles. The molecule has 5 nitrogen and oxygen atoms in total. The van der Waals surface area contributed by atoms with Crippen LogP contribution in [0.15, 0.2) is 30.5 Å². The second-order valence-electron chi connectivity index (χ2n) is 5.66. The number of pyridine rings is 1. The Bertz CT molecular complexity index is 754. The number of nitrogens with one attached hydrogen (secondary N) is 1. The van der Waals surface area contributed by atoms with Crippen LogP contribution in [0.5, 0.6) is 0 Å². The van der Waals surface area contributed by atoms with E-state index in [0.717, 1.165) is 16.8 Å². The molecule has 0 aliphatic carbocycles. The highest BCUT2D eigenvalue weighted by molar-refractivity contribution is 5.95. The van der Waals surface area contributed by atoms with Gasteiger partial charge in [0.15, 0.2) is 0 Å². The molecule has 0 atom stereocenters. The lowest BCUT2D eigenvalue weighted by molar-refractivity contribution is -0.114. The van der Waals surface area contributed by atoms with Crippen molar-refractivity contribution in [3.63, 3.8) is 0 Å². The highest BCUT2D eigenvalue weighted by atomic mass is 16.2. The third-order valence-electron chi connectivity index (χ3n) is 3.59. The summed E-state index contributed by atoms with van der Waals surface area (Å²) in [5, 5.41) is 12.1. The maximum Gasteiger partial charge on any atom is 0.243 e. The van der Waals surface area contributed by atoms with E-state index in [9.17, 15) is 4.79 Å². The average molecular weight is 308 g/mol. The number of hydrogen-bond donors (Lipinski definition) is 1. The van der Waals surface area contributed by atoms with Gasteiger partial charge in [-0.25, -0.2) is 4.98 Å². The third-order valence-corrected chi connectivity index (χ3v) is 3.59. The molecule has 0 aliphatic heterocycles. The van der Waals surface area contributed by atoms with Crippen LogP contribution in [0.25, 0.3) is 0 Å². The minimum absolute atomic E-state index is 0.123. The molecule has 118 valence electrons. The number of carbonyl (C=O) groups excluding carboxylic acids is 1. The summed E-state index contributed by atoms with van der Waals surface area (Å²) in [5.41, 5.74) is 4.53. The summed E-state index contributed by atoms with van der Waals surface area (Å²) < 4.78 is 0. The Morgan fingerprint density at radius 3 is 2.57 bits per heavy atom. The normalized spacial score (nSPS) is 10.0. The lowest BCUT2D eigenvalue weighted by Crippen LogP contribution is -2.31.